The van der Waals surface area contributed by atoms with E-state index in [1.807, 2.05) is 0 Å². The molecule has 6 heteroatoms. The highest BCUT2D eigenvalue weighted by molar-refractivity contribution is 5.50. The van der Waals surface area contributed by atoms with Crippen LogP contribution in [0.1, 0.15) is 11.3 Å². The molecule has 2 rings (SSSR count). The summed E-state index contributed by atoms with van der Waals surface area (Å²) >= 11 is 0. The van der Waals surface area contributed by atoms with Crippen molar-refractivity contribution in [2.45, 2.75) is 19.5 Å². The minimum atomic E-state index is -4.13. The van der Waals surface area contributed by atoms with E-state index >= 15 is 0 Å². The Morgan fingerprint density at radius 1 is 1.47 bits per heavy atom. The first-order valence-corrected chi connectivity index (χ1v) is 4.72. The number of nitrogens with one attached hydrogen (secondary N) is 1. The molecule has 1 aromatic rings. The largest absolute Gasteiger partial charge is 0.393 e. The van der Waals surface area contributed by atoms with Crippen LogP contribution in [0.3, 0.4) is 0 Å². The maximum absolute atomic E-state index is 12.5. The van der Waals surface area contributed by atoms with E-state index in [0.29, 0.717) is 17.1 Å². The van der Waals surface area contributed by atoms with Crippen LogP contribution in [0.2, 0.25) is 0 Å². The van der Waals surface area contributed by atoms with Crippen molar-refractivity contribution >= 4 is 5.82 Å². The molecule has 1 aliphatic rings. The van der Waals surface area contributed by atoms with Crippen LogP contribution in [0, 0.1) is 12.8 Å². The summed E-state index contributed by atoms with van der Waals surface area (Å²) in [5.74, 6) is -0.583. The molecular formula is C9H12F3N3. The summed E-state index contributed by atoms with van der Waals surface area (Å²) in [7, 11) is 1.73. The van der Waals surface area contributed by atoms with Crippen molar-refractivity contribution in [3.63, 3.8) is 0 Å². The lowest BCUT2D eigenvalue weighted by atomic mass is 9.95. The van der Waals surface area contributed by atoms with Crippen LogP contribution >= 0.6 is 0 Å². The van der Waals surface area contributed by atoms with Gasteiger partial charge in [0.1, 0.15) is 5.82 Å². The molecule has 1 unspecified atom stereocenters. The zero-order valence-corrected chi connectivity index (χ0v) is 8.52. The molecule has 0 radical (unpaired) electrons. The molecule has 1 aliphatic heterocycles. The van der Waals surface area contributed by atoms with Gasteiger partial charge in [0.15, 0.2) is 0 Å². The van der Waals surface area contributed by atoms with E-state index in [4.69, 9.17) is 0 Å². The van der Waals surface area contributed by atoms with Crippen molar-refractivity contribution in [1.29, 1.82) is 0 Å². The number of nitrogens with zero attached hydrogens (tertiary/aromatic N) is 2. The third-order valence-electron chi connectivity index (χ3n) is 2.78. The van der Waals surface area contributed by atoms with Crippen LogP contribution in [0.4, 0.5) is 19.0 Å². The summed E-state index contributed by atoms with van der Waals surface area (Å²) in [4.78, 5) is 0. The Morgan fingerprint density at radius 3 is 2.73 bits per heavy atom. The maximum atomic E-state index is 12.5. The predicted molar refractivity (Wildman–Crippen MR) is 49.7 cm³/mol. The quantitative estimate of drug-likeness (QED) is 0.722. The van der Waals surface area contributed by atoms with Crippen molar-refractivity contribution in [2.75, 3.05) is 11.9 Å². The van der Waals surface area contributed by atoms with Crippen molar-refractivity contribution in [3.05, 3.63) is 11.3 Å². The third-order valence-corrected chi connectivity index (χ3v) is 2.78. The number of fused-ring (bicyclic) bond motifs is 1. The SMILES string of the molecule is Cc1nn(C)c2c1CC(C(F)(F)F)CN2. The fraction of sp³-hybridized carbons (Fsp3) is 0.667. The fourth-order valence-corrected chi connectivity index (χ4v) is 1.94. The van der Waals surface area contributed by atoms with E-state index in [1.165, 1.54) is 0 Å². The van der Waals surface area contributed by atoms with Gasteiger partial charge in [0.25, 0.3) is 0 Å². The molecule has 1 aromatic heterocycles. The zero-order valence-electron chi connectivity index (χ0n) is 8.52. The Labute approximate surface area is 85.3 Å². The summed E-state index contributed by atoms with van der Waals surface area (Å²) in [5, 5.41) is 6.88. The van der Waals surface area contributed by atoms with Crippen LogP contribution in [0.5, 0.6) is 0 Å². The molecular weight excluding hydrogens is 207 g/mol. The summed E-state index contributed by atoms with van der Waals surface area (Å²) < 4.78 is 39.1. The predicted octanol–water partition coefficient (Wildman–Crippen LogP) is 1.88. The minimum absolute atomic E-state index is 0.0332. The van der Waals surface area contributed by atoms with Crippen LogP contribution in [-0.4, -0.2) is 22.5 Å². The zero-order chi connectivity index (χ0) is 11.2. The number of rotatable bonds is 0. The fourth-order valence-electron chi connectivity index (χ4n) is 1.94. The first-order chi connectivity index (χ1) is 6.89. The minimum Gasteiger partial charge on any atom is -0.369 e. The van der Waals surface area contributed by atoms with E-state index in [1.54, 1.807) is 18.7 Å². The smallest absolute Gasteiger partial charge is 0.369 e. The van der Waals surface area contributed by atoms with E-state index in [2.05, 4.69) is 10.4 Å². The Balaban J connectivity index is 2.31. The molecule has 0 aromatic carbocycles. The monoisotopic (exact) mass is 219 g/mol. The molecule has 2 heterocycles. The highest BCUT2D eigenvalue weighted by Crippen LogP contribution is 2.35. The van der Waals surface area contributed by atoms with Gasteiger partial charge in [0.05, 0.1) is 11.6 Å². The van der Waals surface area contributed by atoms with Gasteiger partial charge in [-0.05, 0) is 13.3 Å². The van der Waals surface area contributed by atoms with Crippen molar-refractivity contribution in [2.24, 2.45) is 13.0 Å². The highest BCUT2D eigenvalue weighted by Gasteiger charge is 2.42. The number of aromatic nitrogens is 2. The van der Waals surface area contributed by atoms with Crippen LogP contribution in [-0.2, 0) is 13.5 Å². The molecule has 15 heavy (non-hydrogen) atoms. The summed E-state index contributed by atoms with van der Waals surface area (Å²) in [6, 6.07) is 0. The second-order valence-electron chi connectivity index (χ2n) is 3.86. The van der Waals surface area contributed by atoms with Gasteiger partial charge in [-0.15, -0.1) is 0 Å². The number of anilines is 1. The van der Waals surface area contributed by atoms with Crippen molar-refractivity contribution in [3.8, 4) is 0 Å². The van der Waals surface area contributed by atoms with E-state index in [0.717, 1.165) is 0 Å². The normalized spacial score (nSPS) is 21.0. The van der Waals surface area contributed by atoms with Gasteiger partial charge in [-0.25, -0.2) is 0 Å². The highest BCUT2D eigenvalue weighted by atomic mass is 19.4. The Hall–Kier alpha value is -1.20. The van der Waals surface area contributed by atoms with Gasteiger partial charge in [0.2, 0.25) is 0 Å². The molecule has 0 bridgehead atoms. The summed E-state index contributed by atoms with van der Waals surface area (Å²) in [6.45, 7) is 1.68. The molecule has 0 saturated heterocycles. The average Bonchev–Trinajstić information content (AvgIpc) is 2.41. The van der Waals surface area contributed by atoms with Gasteiger partial charge >= 0.3 is 6.18 Å². The van der Waals surface area contributed by atoms with Crippen molar-refractivity contribution < 1.29 is 13.2 Å². The third kappa shape index (κ3) is 1.68. The van der Waals surface area contributed by atoms with Crippen LogP contribution in [0.25, 0.3) is 0 Å². The molecule has 0 amide bonds. The summed E-state index contributed by atoms with van der Waals surface area (Å²) in [6.07, 6.45) is -4.10. The molecule has 84 valence electrons. The lowest BCUT2D eigenvalue weighted by Crippen LogP contribution is -2.35. The molecule has 0 aliphatic carbocycles. The second kappa shape index (κ2) is 3.15. The Kier molecular flexibility index (Phi) is 2.17. The molecule has 1 atom stereocenters. The Morgan fingerprint density at radius 2 is 2.13 bits per heavy atom. The number of aryl methyl sites for hydroxylation is 2. The molecule has 0 spiro atoms. The first-order valence-electron chi connectivity index (χ1n) is 4.72. The van der Waals surface area contributed by atoms with E-state index in [9.17, 15) is 13.2 Å². The second-order valence-corrected chi connectivity index (χ2v) is 3.86. The van der Waals surface area contributed by atoms with Gasteiger partial charge in [-0.1, -0.05) is 0 Å². The topological polar surface area (TPSA) is 29.9 Å². The molecule has 1 N–H and O–H groups in total. The van der Waals surface area contributed by atoms with Crippen LogP contribution < -0.4 is 5.32 Å². The van der Waals surface area contributed by atoms with Crippen molar-refractivity contribution in [1.82, 2.24) is 9.78 Å². The van der Waals surface area contributed by atoms with Gasteiger partial charge in [-0.2, -0.15) is 18.3 Å². The maximum Gasteiger partial charge on any atom is 0.393 e. The number of halogens is 3. The van der Waals surface area contributed by atoms with Gasteiger partial charge in [0, 0.05) is 19.2 Å². The summed E-state index contributed by atoms with van der Waals surface area (Å²) in [5.41, 5.74) is 1.36. The van der Waals surface area contributed by atoms with Gasteiger partial charge < -0.3 is 5.32 Å². The standard InChI is InChI=1S/C9H12F3N3/c1-5-7-3-6(9(10,11)12)4-13-8(7)15(2)14-5/h6,13H,3-4H2,1-2H3. The first kappa shape index (κ1) is 10.3. The lowest BCUT2D eigenvalue weighted by molar-refractivity contribution is -0.171. The number of hydrogen-bond donors (Lipinski definition) is 1. The van der Waals surface area contributed by atoms with Gasteiger partial charge in [-0.3, -0.25) is 4.68 Å². The Bertz CT molecular complexity index is 381. The van der Waals surface area contributed by atoms with E-state index in [-0.39, 0.29) is 13.0 Å². The number of hydrogen-bond acceptors (Lipinski definition) is 2. The lowest BCUT2D eigenvalue weighted by Gasteiger charge is -2.26. The molecule has 0 saturated carbocycles. The number of alkyl halides is 3. The van der Waals surface area contributed by atoms with Crippen LogP contribution in [0.15, 0.2) is 0 Å². The molecule has 0 fully saturated rings. The average molecular weight is 219 g/mol. The van der Waals surface area contributed by atoms with E-state index < -0.39 is 12.1 Å². The molecule has 3 nitrogen and oxygen atoms in total.